The number of hydrogen-bond donors (Lipinski definition) is 3. The van der Waals surface area contributed by atoms with Crippen LogP contribution in [0, 0.1) is 11.7 Å². The van der Waals surface area contributed by atoms with Gasteiger partial charge in [-0.3, -0.25) is 4.79 Å². The molecule has 0 aromatic carbocycles. The van der Waals surface area contributed by atoms with Gasteiger partial charge >= 0.3 is 5.97 Å². The van der Waals surface area contributed by atoms with Gasteiger partial charge in [0.2, 0.25) is 5.91 Å². The Morgan fingerprint density at radius 3 is 3.00 bits per heavy atom. The molecule has 1 fully saturated rings. The number of piperidine rings is 1. The first-order valence-corrected chi connectivity index (χ1v) is 10.7. The summed E-state index contributed by atoms with van der Waals surface area (Å²) in [7, 11) is 0. The van der Waals surface area contributed by atoms with E-state index in [1.807, 2.05) is 0 Å². The maximum absolute atomic E-state index is 14.4. The number of likely N-dealkylation sites (tertiary alicyclic amines) is 1. The number of pyridine rings is 1. The number of anilines is 1. The highest BCUT2D eigenvalue weighted by Crippen LogP contribution is 2.28. The second-order valence-corrected chi connectivity index (χ2v) is 8.19. The summed E-state index contributed by atoms with van der Waals surface area (Å²) in [6.45, 7) is 0.663. The fraction of sp³-hybridized carbons (Fsp3) is 0.381. The van der Waals surface area contributed by atoms with Crippen molar-refractivity contribution in [2.75, 3.05) is 38.2 Å². The van der Waals surface area contributed by atoms with Gasteiger partial charge in [-0.2, -0.15) is 0 Å². The average Bonchev–Trinajstić information content (AvgIpc) is 3.21. The monoisotopic (exact) mass is 476 g/mol. The van der Waals surface area contributed by atoms with Crippen LogP contribution in [0.15, 0.2) is 24.7 Å². The first kappa shape index (κ1) is 22.9. The number of aromatic nitrogens is 4. The van der Waals surface area contributed by atoms with Crippen molar-refractivity contribution in [3.8, 4) is 11.4 Å². The van der Waals surface area contributed by atoms with Crippen molar-refractivity contribution < 1.29 is 23.8 Å². The number of carboxylic acid groups (broad SMARTS) is 1. The fourth-order valence-electron chi connectivity index (χ4n) is 3.80. The van der Waals surface area contributed by atoms with Crippen LogP contribution in [0.25, 0.3) is 22.4 Å². The number of aliphatic carboxylic acids is 1. The van der Waals surface area contributed by atoms with Gasteiger partial charge in [-0.05, 0) is 24.8 Å². The summed E-state index contributed by atoms with van der Waals surface area (Å²) >= 11 is 6.05. The zero-order chi connectivity index (χ0) is 23.4. The number of carbonyl (C=O) groups excluding carboxylic acids is 1. The van der Waals surface area contributed by atoms with E-state index < -0.39 is 18.4 Å². The predicted octanol–water partition coefficient (Wildman–Crippen LogP) is 2.56. The largest absolute Gasteiger partial charge is 0.480 e. The number of halogens is 2. The minimum Gasteiger partial charge on any atom is -0.480 e. The number of carboxylic acids is 1. The van der Waals surface area contributed by atoms with Crippen LogP contribution >= 0.6 is 11.6 Å². The molecule has 3 aromatic rings. The maximum atomic E-state index is 14.4. The number of hydrogen-bond acceptors (Lipinski definition) is 7. The molecule has 10 nitrogen and oxygen atoms in total. The summed E-state index contributed by atoms with van der Waals surface area (Å²) in [6.07, 6.45) is 5.98. The number of ether oxygens (including phenoxy) is 1. The van der Waals surface area contributed by atoms with Crippen molar-refractivity contribution in [3.05, 3.63) is 35.5 Å². The van der Waals surface area contributed by atoms with Crippen molar-refractivity contribution in [3.63, 3.8) is 0 Å². The van der Waals surface area contributed by atoms with Crippen LogP contribution in [0.5, 0.6) is 0 Å². The normalized spacial score (nSPS) is 16.2. The quantitative estimate of drug-likeness (QED) is 0.451. The highest BCUT2D eigenvalue weighted by atomic mass is 35.5. The molecule has 3 aromatic heterocycles. The van der Waals surface area contributed by atoms with Crippen molar-refractivity contribution in [2.24, 2.45) is 5.92 Å². The molecule has 1 unspecified atom stereocenters. The van der Waals surface area contributed by atoms with Gasteiger partial charge < -0.3 is 25.0 Å². The zero-order valence-corrected chi connectivity index (χ0v) is 18.3. The summed E-state index contributed by atoms with van der Waals surface area (Å²) in [4.78, 5) is 40.1. The lowest BCUT2D eigenvalue weighted by Crippen LogP contribution is -2.43. The summed E-state index contributed by atoms with van der Waals surface area (Å²) < 4.78 is 19.3. The molecule has 3 N–H and O–H groups in total. The first-order valence-electron chi connectivity index (χ1n) is 10.4. The van der Waals surface area contributed by atoms with Crippen LogP contribution in [0.1, 0.15) is 12.8 Å². The molecule has 4 rings (SSSR count). The van der Waals surface area contributed by atoms with Gasteiger partial charge in [0, 0.05) is 43.0 Å². The van der Waals surface area contributed by atoms with Crippen molar-refractivity contribution in [1.29, 1.82) is 0 Å². The third-order valence-corrected chi connectivity index (χ3v) is 5.57. The predicted molar refractivity (Wildman–Crippen MR) is 118 cm³/mol. The molecule has 0 aliphatic carbocycles. The Labute approximate surface area is 193 Å². The highest BCUT2D eigenvalue weighted by Gasteiger charge is 2.24. The van der Waals surface area contributed by atoms with Crippen molar-refractivity contribution >= 4 is 40.3 Å². The molecule has 1 saturated heterocycles. The molecule has 1 atom stereocenters. The third kappa shape index (κ3) is 5.55. The van der Waals surface area contributed by atoms with E-state index in [1.54, 1.807) is 17.2 Å². The molecule has 174 valence electrons. The molecule has 1 aliphatic rings. The first-order chi connectivity index (χ1) is 15.9. The van der Waals surface area contributed by atoms with Crippen LogP contribution in [-0.2, 0) is 14.3 Å². The van der Waals surface area contributed by atoms with Gasteiger partial charge in [-0.25, -0.2) is 24.1 Å². The molecule has 1 aliphatic heterocycles. The number of rotatable bonds is 8. The number of H-pyrrole nitrogens is 1. The van der Waals surface area contributed by atoms with E-state index in [9.17, 15) is 14.0 Å². The van der Waals surface area contributed by atoms with Gasteiger partial charge in [-0.15, -0.1) is 0 Å². The number of nitrogens with zero attached hydrogens (tertiary/aromatic N) is 4. The van der Waals surface area contributed by atoms with E-state index in [2.05, 4.69) is 25.3 Å². The van der Waals surface area contributed by atoms with Gasteiger partial charge in [-0.1, -0.05) is 11.6 Å². The molecule has 0 saturated carbocycles. The Balaban J connectivity index is 1.40. The Hall–Kier alpha value is -3.31. The Kier molecular flexibility index (Phi) is 6.99. The minimum atomic E-state index is -1.12. The molecule has 0 spiro atoms. The van der Waals surface area contributed by atoms with E-state index in [1.165, 1.54) is 6.20 Å². The third-order valence-electron chi connectivity index (χ3n) is 5.36. The van der Waals surface area contributed by atoms with Gasteiger partial charge in [0.15, 0.2) is 17.5 Å². The van der Waals surface area contributed by atoms with E-state index in [0.717, 1.165) is 24.4 Å². The number of aromatic amines is 1. The average molecular weight is 477 g/mol. The Bertz CT molecular complexity index is 1170. The number of amides is 1. The molecule has 0 radical (unpaired) electrons. The Morgan fingerprint density at radius 2 is 2.18 bits per heavy atom. The SMILES string of the molecule is O=C(O)COCC(=O)N1CCCC(CNc2nc(-c3c[nH]c4ncc(Cl)cc34)ncc2F)C1. The van der Waals surface area contributed by atoms with Crippen LogP contribution in [0.4, 0.5) is 10.2 Å². The van der Waals surface area contributed by atoms with Crippen LogP contribution < -0.4 is 5.32 Å². The van der Waals surface area contributed by atoms with Gasteiger partial charge in [0.05, 0.1) is 11.2 Å². The second kappa shape index (κ2) is 10.1. The lowest BCUT2D eigenvalue weighted by molar-refractivity contribution is -0.146. The molecule has 4 heterocycles. The fourth-order valence-corrected chi connectivity index (χ4v) is 3.96. The topological polar surface area (TPSA) is 133 Å². The van der Waals surface area contributed by atoms with Crippen LogP contribution in [0.3, 0.4) is 0 Å². The standard InChI is InChI=1S/C21H22ClFN6O4/c22-13-4-14-15(7-26-19(14)25-6-13)20-27-8-16(23)21(28-20)24-5-12-2-1-3-29(9-12)17(30)10-33-11-18(31)32/h4,6-8,12H,1-3,5,9-11H2,(H,25,26)(H,31,32)(H,24,27,28). The van der Waals surface area contributed by atoms with Crippen LogP contribution in [-0.4, -0.2) is 74.7 Å². The number of nitrogens with one attached hydrogen (secondary N) is 2. The smallest absolute Gasteiger partial charge is 0.329 e. The Morgan fingerprint density at radius 1 is 1.33 bits per heavy atom. The maximum Gasteiger partial charge on any atom is 0.329 e. The summed E-state index contributed by atoms with van der Waals surface area (Å²) in [6, 6.07) is 1.74. The highest BCUT2D eigenvalue weighted by molar-refractivity contribution is 6.31. The summed E-state index contributed by atoms with van der Waals surface area (Å²) in [5, 5.41) is 12.8. The summed E-state index contributed by atoms with van der Waals surface area (Å²) in [5.41, 5.74) is 1.27. The van der Waals surface area contributed by atoms with E-state index >= 15 is 0 Å². The molecule has 1 amide bonds. The molecule has 12 heteroatoms. The molecule has 33 heavy (non-hydrogen) atoms. The molecular weight excluding hydrogens is 455 g/mol. The van der Waals surface area contributed by atoms with Crippen molar-refractivity contribution in [1.82, 2.24) is 24.8 Å². The van der Waals surface area contributed by atoms with Gasteiger partial charge in [0.25, 0.3) is 0 Å². The van der Waals surface area contributed by atoms with E-state index in [0.29, 0.717) is 41.7 Å². The zero-order valence-electron chi connectivity index (χ0n) is 17.6. The van der Waals surface area contributed by atoms with Crippen molar-refractivity contribution in [2.45, 2.75) is 12.8 Å². The number of carbonyl (C=O) groups is 2. The molecule has 0 bridgehead atoms. The lowest BCUT2D eigenvalue weighted by atomic mass is 9.98. The second-order valence-electron chi connectivity index (χ2n) is 7.76. The van der Waals surface area contributed by atoms with Gasteiger partial charge in [0.1, 0.15) is 18.9 Å². The van der Waals surface area contributed by atoms with E-state index in [-0.39, 0.29) is 24.2 Å². The lowest BCUT2D eigenvalue weighted by Gasteiger charge is -2.33. The molecular formula is C21H22ClFN6O4. The van der Waals surface area contributed by atoms with E-state index in [4.69, 9.17) is 21.4 Å². The summed E-state index contributed by atoms with van der Waals surface area (Å²) in [5.74, 6) is -1.50. The van der Waals surface area contributed by atoms with Crippen LogP contribution in [0.2, 0.25) is 5.02 Å². The minimum absolute atomic E-state index is 0.0672. The number of fused-ring (bicyclic) bond motifs is 1.